The smallest absolute Gasteiger partial charge is 0.310 e. The number of carboxylic acid groups (broad SMARTS) is 1. The highest BCUT2D eigenvalue weighted by atomic mass is 32.1. The number of aliphatic carboxylic acids is 1. The van der Waals surface area contributed by atoms with E-state index in [9.17, 15) is 9.90 Å². The maximum absolute atomic E-state index is 11.6. The van der Waals surface area contributed by atoms with Crippen LogP contribution in [0, 0.1) is 19.3 Å². The summed E-state index contributed by atoms with van der Waals surface area (Å²) >= 11 is 1.83. The molecular formula is C15H23NO2S. The van der Waals surface area contributed by atoms with Gasteiger partial charge in [-0.3, -0.25) is 9.69 Å². The molecule has 1 N–H and O–H groups in total. The zero-order valence-corrected chi connectivity index (χ0v) is 12.8. The highest BCUT2D eigenvalue weighted by Crippen LogP contribution is 2.36. The van der Waals surface area contributed by atoms with Gasteiger partial charge in [-0.15, -0.1) is 11.3 Å². The number of likely N-dealkylation sites (tertiary alicyclic amines) is 1. The SMILES string of the molecule is CCCC1(C(=O)O)CCN(Cc2cc(C)sc2C)C1. The Morgan fingerprint density at radius 1 is 1.53 bits per heavy atom. The molecule has 1 atom stereocenters. The van der Waals surface area contributed by atoms with Crippen LogP contribution in [-0.4, -0.2) is 29.1 Å². The van der Waals surface area contributed by atoms with Crippen LogP contribution in [-0.2, 0) is 11.3 Å². The lowest BCUT2D eigenvalue weighted by molar-refractivity contribution is -0.148. The summed E-state index contributed by atoms with van der Waals surface area (Å²) in [7, 11) is 0. The topological polar surface area (TPSA) is 40.5 Å². The van der Waals surface area contributed by atoms with E-state index in [4.69, 9.17) is 0 Å². The van der Waals surface area contributed by atoms with Crippen LogP contribution in [0.3, 0.4) is 0 Å². The minimum absolute atomic E-state index is 0.506. The minimum Gasteiger partial charge on any atom is -0.481 e. The molecule has 106 valence electrons. The first-order valence-corrected chi connectivity index (χ1v) is 7.80. The molecular weight excluding hydrogens is 258 g/mol. The van der Waals surface area contributed by atoms with Crippen molar-refractivity contribution in [2.24, 2.45) is 5.41 Å². The molecule has 1 saturated heterocycles. The van der Waals surface area contributed by atoms with Gasteiger partial charge in [-0.25, -0.2) is 0 Å². The van der Waals surface area contributed by atoms with Crippen molar-refractivity contribution in [3.63, 3.8) is 0 Å². The Morgan fingerprint density at radius 3 is 2.79 bits per heavy atom. The van der Waals surface area contributed by atoms with Crippen LogP contribution in [0.4, 0.5) is 0 Å². The zero-order valence-electron chi connectivity index (χ0n) is 12.0. The molecule has 0 bridgehead atoms. The summed E-state index contributed by atoms with van der Waals surface area (Å²) in [5, 5.41) is 9.51. The predicted octanol–water partition coefficient (Wildman–Crippen LogP) is 3.44. The van der Waals surface area contributed by atoms with E-state index in [0.29, 0.717) is 6.54 Å². The summed E-state index contributed by atoms with van der Waals surface area (Å²) in [5.41, 5.74) is 0.855. The Morgan fingerprint density at radius 2 is 2.26 bits per heavy atom. The Balaban J connectivity index is 2.05. The van der Waals surface area contributed by atoms with Gasteiger partial charge in [0.1, 0.15) is 0 Å². The Kier molecular flexibility index (Phi) is 4.31. The van der Waals surface area contributed by atoms with E-state index in [1.807, 2.05) is 11.3 Å². The molecule has 1 aliphatic heterocycles. The molecule has 3 nitrogen and oxygen atoms in total. The van der Waals surface area contributed by atoms with E-state index in [0.717, 1.165) is 32.4 Å². The van der Waals surface area contributed by atoms with Crippen molar-refractivity contribution in [1.82, 2.24) is 4.90 Å². The van der Waals surface area contributed by atoms with Crippen molar-refractivity contribution in [3.8, 4) is 0 Å². The van der Waals surface area contributed by atoms with Crippen molar-refractivity contribution >= 4 is 17.3 Å². The van der Waals surface area contributed by atoms with Gasteiger partial charge in [-0.2, -0.15) is 0 Å². The Labute approximate surface area is 119 Å². The van der Waals surface area contributed by atoms with Crippen molar-refractivity contribution < 1.29 is 9.90 Å². The van der Waals surface area contributed by atoms with Gasteiger partial charge >= 0.3 is 5.97 Å². The standard InChI is InChI=1S/C15H23NO2S/c1-4-5-15(14(17)18)6-7-16(10-15)9-13-8-11(2)19-12(13)3/h8H,4-7,9-10H2,1-3H3,(H,17,18). The van der Waals surface area contributed by atoms with Crippen LogP contribution >= 0.6 is 11.3 Å². The number of nitrogens with zero attached hydrogens (tertiary/aromatic N) is 1. The third-order valence-electron chi connectivity index (χ3n) is 4.15. The number of thiophene rings is 1. The van der Waals surface area contributed by atoms with Gasteiger partial charge in [0.2, 0.25) is 0 Å². The molecule has 2 rings (SSSR count). The molecule has 19 heavy (non-hydrogen) atoms. The van der Waals surface area contributed by atoms with Gasteiger partial charge in [-0.05, 0) is 44.9 Å². The third-order valence-corrected chi connectivity index (χ3v) is 5.16. The third kappa shape index (κ3) is 3.00. The first kappa shape index (κ1) is 14.5. The molecule has 0 radical (unpaired) electrons. The Bertz CT molecular complexity index is 469. The number of rotatable bonds is 5. The number of hydrogen-bond acceptors (Lipinski definition) is 3. The van der Waals surface area contributed by atoms with Crippen LogP contribution < -0.4 is 0 Å². The van der Waals surface area contributed by atoms with Crippen molar-refractivity contribution in [2.45, 2.75) is 46.6 Å². The number of carboxylic acids is 1. The van der Waals surface area contributed by atoms with Crippen LogP contribution in [0.2, 0.25) is 0 Å². The average Bonchev–Trinajstić information content (AvgIpc) is 2.86. The molecule has 1 unspecified atom stereocenters. The van der Waals surface area contributed by atoms with E-state index in [1.54, 1.807) is 0 Å². The second-order valence-electron chi connectivity index (χ2n) is 5.73. The summed E-state index contributed by atoms with van der Waals surface area (Å²) in [6, 6.07) is 2.24. The lowest BCUT2D eigenvalue weighted by Gasteiger charge is -2.24. The average molecular weight is 281 g/mol. The maximum atomic E-state index is 11.6. The van der Waals surface area contributed by atoms with E-state index >= 15 is 0 Å². The minimum atomic E-state index is -0.616. The fraction of sp³-hybridized carbons (Fsp3) is 0.667. The quantitative estimate of drug-likeness (QED) is 0.898. The summed E-state index contributed by atoms with van der Waals surface area (Å²) < 4.78 is 0. The summed E-state index contributed by atoms with van der Waals surface area (Å²) in [4.78, 5) is 16.6. The van der Waals surface area contributed by atoms with Crippen LogP contribution in [0.5, 0.6) is 0 Å². The predicted molar refractivity (Wildman–Crippen MR) is 78.7 cm³/mol. The van der Waals surface area contributed by atoms with Crippen molar-refractivity contribution in [1.29, 1.82) is 0 Å². The van der Waals surface area contributed by atoms with E-state index in [2.05, 4.69) is 31.7 Å². The van der Waals surface area contributed by atoms with Gasteiger partial charge in [0.05, 0.1) is 5.41 Å². The molecule has 0 saturated carbocycles. The lowest BCUT2D eigenvalue weighted by atomic mass is 9.83. The largest absolute Gasteiger partial charge is 0.481 e. The molecule has 1 aliphatic rings. The summed E-state index contributed by atoms with van der Waals surface area (Å²) in [6.07, 6.45) is 2.52. The fourth-order valence-electron chi connectivity index (χ4n) is 3.14. The monoisotopic (exact) mass is 281 g/mol. The zero-order chi connectivity index (χ0) is 14.0. The highest BCUT2D eigenvalue weighted by molar-refractivity contribution is 7.12. The molecule has 1 aromatic rings. The van der Waals surface area contributed by atoms with Crippen molar-refractivity contribution in [2.75, 3.05) is 13.1 Å². The molecule has 0 aromatic carbocycles. The van der Waals surface area contributed by atoms with Gasteiger partial charge in [0.25, 0.3) is 0 Å². The van der Waals surface area contributed by atoms with E-state index in [-0.39, 0.29) is 0 Å². The Hall–Kier alpha value is -0.870. The van der Waals surface area contributed by atoms with Crippen LogP contribution in [0.25, 0.3) is 0 Å². The molecule has 2 heterocycles. The lowest BCUT2D eigenvalue weighted by Crippen LogP contribution is -2.34. The molecule has 1 fully saturated rings. The molecule has 0 spiro atoms. The number of hydrogen-bond donors (Lipinski definition) is 1. The van der Waals surface area contributed by atoms with Gasteiger partial charge in [-0.1, -0.05) is 13.3 Å². The second-order valence-corrected chi connectivity index (χ2v) is 7.20. The number of carbonyl (C=O) groups is 1. The highest BCUT2D eigenvalue weighted by Gasteiger charge is 2.43. The summed E-state index contributed by atoms with van der Waals surface area (Å²) in [5.74, 6) is -0.616. The first-order chi connectivity index (χ1) is 8.97. The molecule has 1 aromatic heterocycles. The van der Waals surface area contributed by atoms with Gasteiger partial charge in [0.15, 0.2) is 0 Å². The van der Waals surface area contributed by atoms with Gasteiger partial charge < -0.3 is 5.11 Å². The van der Waals surface area contributed by atoms with Crippen LogP contribution in [0.1, 0.15) is 41.5 Å². The summed E-state index contributed by atoms with van der Waals surface area (Å²) in [6.45, 7) is 8.85. The second kappa shape index (κ2) is 5.63. The molecule has 0 amide bonds. The molecule has 4 heteroatoms. The number of aryl methyl sites for hydroxylation is 2. The fourth-order valence-corrected chi connectivity index (χ4v) is 4.08. The normalized spacial score (nSPS) is 23.9. The van der Waals surface area contributed by atoms with Crippen molar-refractivity contribution in [3.05, 3.63) is 21.4 Å². The molecule has 0 aliphatic carbocycles. The van der Waals surface area contributed by atoms with Crippen LogP contribution in [0.15, 0.2) is 6.07 Å². The van der Waals surface area contributed by atoms with E-state index in [1.165, 1.54) is 15.3 Å². The van der Waals surface area contributed by atoms with E-state index < -0.39 is 11.4 Å². The maximum Gasteiger partial charge on any atom is 0.310 e. The van der Waals surface area contributed by atoms with Gasteiger partial charge in [0, 0.05) is 22.8 Å². The first-order valence-electron chi connectivity index (χ1n) is 6.98.